The smallest absolute Gasteiger partial charge is 0.407 e. The van der Waals surface area contributed by atoms with Crippen LogP contribution in [0.2, 0.25) is 18.1 Å². The van der Waals surface area contributed by atoms with Crippen molar-refractivity contribution in [1.29, 1.82) is 0 Å². The predicted molar refractivity (Wildman–Crippen MR) is 234 cm³/mol. The largest absolute Gasteiger partial charge is 0.444 e. The first-order valence-electron chi connectivity index (χ1n) is 21.5. The lowest BCUT2D eigenvalue weighted by Crippen LogP contribution is -2.56. The summed E-state index contributed by atoms with van der Waals surface area (Å²) in [5.41, 5.74) is 1.76. The first-order chi connectivity index (χ1) is 27.3. The number of benzene rings is 2. The fourth-order valence-corrected chi connectivity index (χ4v) is 8.93. The van der Waals surface area contributed by atoms with Crippen molar-refractivity contribution in [2.45, 2.75) is 156 Å². The van der Waals surface area contributed by atoms with E-state index in [0.29, 0.717) is 52.0 Å². The van der Waals surface area contributed by atoms with E-state index >= 15 is 0 Å². The van der Waals surface area contributed by atoms with Crippen molar-refractivity contribution in [2.75, 3.05) is 26.3 Å². The molecular formula is C47H73N3O8Si. The average molecular weight is 836 g/mol. The Hall–Kier alpha value is -3.58. The number of rotatable bonds is 15. The Labute approximate surface area is 355 Å². The molecule has 2 heterocycles. The number of ketones is 1. The van der Waals surface area contributed by atoms with Gasteiger partial charge in [0.1, 0.15) is 17.4 Å². The monoisotopic (exact) mass is 836 g/mol. The lowest BCUT2D eigenvalue weighted by Gasteiger charge is -2.42. The molecule has 2 fully saturated rings. The van der Waals surface area contributed by atoms with Crippen LogP contribution in [0.3, 0.4) is 0 Å². The number of hydrogen-bond acceptors (Lipinski definition) is 8. The number of ether oxygens (including phenoxy) is 3. The van der Waals surface area contributed by atoms with E-state index in [-0.39, 0.29) is 40.4 Å². The van der Waals surface area contributed by atoms with Gasteiger partial charge in [-0.15, -0.1) is 0 Å². The highest BCUT2D eigenvalue weighted by atomic mass is 28.4. The van der Waals surface area contributed by atoms with Crippen LogP contribution >= 0.6 is 0 Å². The first-order valence-corrected chi connectivity index (χ1v) is 24.4. The summed E-state index contributed by atoms with van der Waals surface area (Å²) in [6.07, 6.45) is 0.500. The lowest BCUT2D eigenvalue weighted by molar-refractivity contribution is -0.232. The number of amides is 3. The molecular weight excluding hydrogens is 763 g/mol. The normalized spacial score (nSPS) is 18.5. The molecule has 4 atom stereocenters. The fraction of sp³-hybridized carbons (Fsp3) is 0.660. The standard InChI is InChI=1S/C47H73N3O8Si/c1-32(2)40(42(53)50-25-23-37(51)24-26-50)49-41(52)35(29-34-19-21-36(22-20-34)47(44(3,4)5)55-27-28-56-47)31-39(58-59(12,13)46(9,10)11)38(30-33-17-15-14-16-18-33)48-43(54)57-45(6,7)8/h14-22,32,35,38-40H,23-31H2,1-13H3,(H,48,54)(H,49,52). The van der Waals surface area contributed by atoms with Crippen LogP contribution in [-0.4, -0.2) is 87.0 Å². The van der Waals surface area contributed by atoms with Crippen molar-refractivity contribution in [2.24, 2.45) is 17.3 Å². The van der Waals surface area contributed by atoms with Crippen LogP contribution in [0.5, 0.6) is 0 Å². The second kappa shape index (κ2) is 19.4. The molecule has 2 saturated heterocycles. The number of nitrogens with one attached hydrogen (secondary N) is 2. The van der Waals surface area contributed by atoms with Gasteiger partial charge in [-0.1, -0.05) is 110 Å². The molecule has 59 heavy (non-hydrogen) atoms. The minimum Gasteiger partial charge on any atom is -0.444 e. The van der Waals surface area contributed by atoms with Gasteiger partial charge in [0.25, 0.3) is 0 Å². The van der Waals surface area contributed by atoms with Crippen LogP contribution < -0.4 is 10.6 Å². The maximum absolute atomic E-state index is 14.9. The average Bonchev–Trinajstić information content (AvgIpc) is 3.64. The maximum Gasteiger partial charge on any atom is 0.407 e. The molecule has 2 aliphatic rings. The molecule has 0 bridgehead atoms. The molecule has 0 saturated carbocycles. The van der Waals surface area contributed by atoms with Crippen molar-refractivity contribution in [3.05, 3.63) is 71.3 Å². The van der Waals surface area contributed by atoms with E-state index in [2.05, 4.69) is 65.3 Å². The molecule has 0 aliphatic carbocycles. The van der Waals surface area contributed by atoms with Crippen molar-refractivity contribution in [3.8, 4) is 0 Å². The number of carbonyl (C=O) groups excluding carboxylic acids is 4. The minimum absolute atomic E-state index is 0.141. The Morgan fingerprint density at radius 2 is 1.37 bits per heavy atom. The number of hydrogen-bond donors (Lipinski definition) is 2. The molecule has 0 spiro atoms. The number of nitrogens with zero attached hydrogens (tertiary/aromatic N) is 1. The number of Topliss-reactive ketones (excluding diaryl/α,β-unsaturated/α-hetero) is 1. The summed E-state index contributed by atoms with van der Waals surface area (Å²) < 4.78 is 25.6. The third kappa shape index (κ3) is 13.0. The van der Waals surface area contributed by atoms with Gasteiger partial charge >= 0.3 is 6.09 Å². The summed E-state index contributed by atoms with van der Waals surface area (Å²) in [4.78, 5) is 56.3. The highest BCUT2D eigenvalue weighted by Crippen LogP contribution is 2.46. The second-order valence-corrected chi connectivity index (χ2v) is 25.1. The van der Waals surface area contributed by atoms with Crippen LogP contribution in [0, 0.1) is 17.3 Å². The SMILES string of the molecule is CC(C)C(NC(=O)C(Cc1ccc(C2(C(C)(C)C)OCCO2)cc1)CC(O[Si](C)(C)C(C)(C)C)C(Cc1ccccc1)NC(=O)OC(C)(C)C)C(=O)N1CCC(=O)CC1. The summed E-state index contributed by atoms with van der Waals surface area (Å²) in [6.45, 7) is 28.2. The highest BCUT2D eigenvalue weighted by Gasteiger charge is 2.49. The van der Waals surface area contributed by atoms with Gasteiger partial charge < -0.3 is 34.2 Å². The molecule has 3 amide bonds. The molecule has 328 valence electrons. The van der Waals surface area contributed by atoms with Crippen LogP contribution in [0.4, 0.5) is 4.79 Å². The minimum atomic E-state index is -2.52. The molecule has 0 aromatic heterocycles. The van der Waals surface area contributed by atoms with Crippen molar-refractivity contribution < 1.29 is 37.8 Å². The molecule has 4 unspecified atom stereocenters. The van der Waals surface area contributed by atoms with Crippen molar-refractivity contribution in [1.82, 2.24) is 15.5 Å². The Morgan fingerprint density at radius 3 is 1.88 bits per heavy atom. The molecule has 4 rings (SSSR count). The van der Waals surface area contributed by atoms with Gasteiger partial charge in [-0.05, 0) is 75.2 Å². The van der Waals surface area contributed by atoms with E-state index in [9.17, 15) is 19.2 Å². The summed E-state index contributed by atoms with van der Waals surface area (Å²) in [6, 6.07) is 16.7. The van der Waals surface area contributed by atoms with Crippen LogP contribution in [0.1, 0.15) is 112 Å². The fourth-order valence-electron chi connectivity index (χ4n) is 7.56. The number of alkyl carbamates (subject to hydrolysis) is 1. The molecule has 2 aromatic carbocycles. The van der Waals surface area contributed by atoms with Crippen LogP contribution in [0.25, 0.3) is 0 Å². The molecule has 2 aromatic rings. The summed E-state index contributed by atoms with van der Waals surface area (Å²) in [5.74, 6) is -2.09. The zero-order chi connectivity index (χ0) is 44.0. The molecule has 2 aliphatic heterocycles. The molecule has 11 nitrogen and oxygen atoms in total. The second-order valence-electron chi connectivity index (χ2n) is 20.4. The van der Waals surface area contributed by atoms with Gasteiger partial charge in [-0.3, -0.25) is 14.4 Å². The van der Waals surface area contributed by atoms with E-state index in [4.69, 9.17) is 18.6 Å². The topological polar surface area (TPSA) is 133 Å². The van der Waals surface area contributed by atoms with Crippen molar-refractivity contribution in [3.63, 3.8) is 0 Å². The molecule has 12 heteroatoms. The van der Waals surface area contributed by atoms with Crippen molar-refractivity contribution >= 4 is 32.0 Å². The van der Waals surface area contributed by atoms with E-state index in [1.807, 2.05) is 89.2 Å². The third-order valence-corrected chi connectivity index (χ3v) is 16.5. The van der Waals surface area contributed by atoms with Gasteiger partial charge in [0, 0.05) is 42.8 Å². The van der Waals surface area contributed by atoms with E-state index in [1.165, 1.54) is 0 Å². The van der Waals surface area contributed by atoms with Crippen LogP contribution in [0.15, 0.2) is 54.6 Å². The Balaban J connectivity index is 1.79. The Morgan fingerprint density at radius 1 is 0.814 bits per heavy atom. The molecule has 2 N–H and O–H groups in total. The summed E-state index contributed by atoms with van der Waals surface area (Å²) >= 11 is 0. The lowest BCUT2D eigenvalue weighted by atomic mass is 9.80. The summed E-state index contributed by atoms with van der Waals surface area (Å²) in [7, 11) is -2.52. The molecule has 0 radical (unpaired) electrons. The van der Waals surface area contributed by atoms with Gasteiger partial charge in [0.2, 0.25) is 11.8 Å². The van der Waals surface area contributed by atoms with E-state index in [0.717, 1.165) is 16.7 Å². The third-order valence-electron chi connectivity index (χ3n) is 11.9. The number of likely N-dealkylation sites (tertiary alicyclic amines) is 1. The van der Waals surface area contributed by atoms with Gasteiger partial charge in [0.05, 0.1) is 25.4 Å². The highest BCUT2D eigenvalue weighted by molar-refractivity contribution is 6.74. The van der Waals surface area contributed by atoms with E-state index < -0.39 is 49.9 Å². The van der Waals surface area contributed by atoms with E-state index in [1.54, 1.807) is 4.90 Å². The zero-order valence-electron chi connectivity index (χ0n) is 38.2. The zero-order valence-corrected chi connectivity index (χ0v) is 39.2. The predicted octanol–water partition coefficient (Wildman–Crippen LogP) is 8.34. The Bertz CT molecular complexity index is 1710. The quantitative estimate of drug-likeness (QED) is 0.171. The van der Waals surface area contributed by atoms with Gasteiger partial charge in [0.15, 0.2) is 14.1 Å². The summed E-state index contributed by atoms with van der Waals surface area (Å²) in [5, 5.41) is 6.17. The van der Waals surface area contributed by atoms with Crippen LogP contribution in [-0.2, 0) is 51.6 Å². The number of carbonyl (C=O) groups is 4. The maximum atomic E-state index is 14.9. The Kier molecular flexibility index (Phi) is 15.8. The van der Waals surface area contributed by atoms with Gasteiger partial charge in [-0.25, -0.2) is 4.79 Å². The number of piperidine rings is 1. The first kappa shape index (κ1) is 48.1. The van der Waals surface area contributed by atoms with Gasteiger partial charge in [-0.2, -0.15) is 0 Å².